The largest absolute Gasteiger partial charge is 0.481 e. The molecule has 0 aromatic heterocycles. The number of hydrogen-bond donors (Lipinski definition) is 2. The maximum Gasteiger partial charge on any atom is 0.318 e. The molecule has 0 unspecified atom stereocenters. The first-order valence-electron chi connectivity index (χ1n) is 2.24. The van der Waals surface area contributed by atoms with E-state index in [9.17, 15) is 9.59 Å². The molecule has 0 aromatic carbocycles. The third kappa shape index (κ3) is 4.76. The molecule has 0 aromatic rings. The Labute approximate surface area is 51.4 Å². The summed E-state index contributed by atoms with van der Waals surface area (Å²) in [6.45, 7) is -0.272. The normalized spacial score (nSPS) is 8.56. The molecule has 0 aliphatic rings. The van der Waals surface area contributed by atoms with E-state index in [1.165, 1.54) is 0 Å². The molecule has 0 saturated carbocycles. The lowest BCUT2D eigenvalue weighted by Gasteiger charge is -1.95. The summed E-state index contributed by atoms with van der Waals surface area (Å²) < 4.78 is 4.11. The number of aliphatic carboxylic acids is 1. The van der Waals surface area contributed by atoms with Gasteiger partial charge in [0.15, 0.2) is 0 Å². The molecule has 0 spiro atoms. The van der Waals surface area contributed by atoms with E-state index < -0.39 is 18.4 Å². The van der Waals surface area contributed by atoms with Crippen LogP contribution >= 0.6 is 0 Å². The summed E-state index contributed by atoms with van der Waals surface area (Å²) in [5, 5.41) is 7.97. The van der Waals surface area contributed by atoms with Crippen LogP contribution in [0.2, 0.25) is 0 Å². The van der Waals surface area contributed by atoms with Crippen molar-refractivity contribution in [1.29, 1.82) is 0 Å². The van der Waals surface area contributed by atoms with Gasteiger partial charge in [0.05, 0.1) is 0 Å². The molecule has 0 atom stereocenters. The van der Waals surface area contributed by atoms with Crippen LogP contribution in [0.4, 0.5) is 0 Å². The van der Waals surface area contributed by atoms with E-state index in [2.05, 4.69) is 4.74 Å². The monoisotopic (exact) mass is 133 g/mol. The first-order valence-corrected chi connectivity index (χ1v) is 2.24. The molecular formula is C4H7NO4. The van der Waals surface area contributed by atoms with Crippen LogP contribution in [0.25, 0.3) is 0 Å². The van der Waals surface area contributed by atoms with E-state index in [-0.39, 0.29) is 6.73 Å². The highest BCUT2D eigenvalue weighted by Crippen LogP contribution is 1.82. The maximum atomic E-state index is 10.2. The van der Waals surface area contributed by atoms with Gasteiger partial charge in [-0.1, -0.05) is 0 Å². The molecule has 9 heavy (non-hydrogen) atoms. The average molecular weight is 133 g/mol. The summed E-state index contributed by atoms with van der Waals surface area (Å²) in [7, 11) is 0. The Bertz CT molecular complexity index is 122. The second-order valence-corrected chi connectivity index (χ2v) is 1.25. The van der Waals surface area contributed by atoms with Gasteiger partial charge in [0, 0.05) is 0 Å². The summed E-state index contributed by atoms with van der Waals surface area (Å²) in [6.07, 6.45) is -0.628. The minimum absolute atomic E-state index is 0.272. The molecule has 0 aliphatic heterocycles. The van der Waals surface area contributed by atoms with Gasteiger partial charge in [-0.05, 0) is 0 Å². The third-order valence-electron chi connectivity index (χ3n) is 0.540. The van der Waals surface area contributed by atoms with Crippen LogP contribution in [0.1, 0.15) is 6.42 Å². The SMILES string of the molecule is NCOC(=O)CC(=O)O. The van der Waals surface area contributed by atoms with Gasteiger partial charge >= 0.3 is 11.9 Å². The number of nitrogens with two attached hydrogens (primary N) is 1. The highest BCUT2D eigenvalue weighted by molar-refractivity contribution is 5.89. The van der Waals surface area contributed by atoms with Gasteiger partial charge in [0.2, 0.25) is 0 Å². The number of esters is 1. The van der Waals surface area contributed by atoms with Gasteiger partial charge in [0.25, 0.3) is 0 Å². The van der Waals surface area contributed by atoms with Crippen molar-refractivity contribution in [1.82, 2.24) is 0 Å². The van der Waals surface area contributed by atoms with Crippen LogP contribution in [0.5, 0.6) is 0 Å². The minimum Gasteiger partial charge on any atom is -0.481 e. The second-order valence-electron chi connectivity index (χ2n) is 1.25. The molecule has 52 valence electrons. The van der Waals surface area contributed by atoms with E-state index >= 15 is 0 Å². The molecule has 0 amide bonds. The highest BCUT2D eigenvalue weighted by atomic mass is 16.5. The zero-order valence-electron chi connectivity index (χ0n) is 4.66. The molecule has 0 saturated heterocycles. The molecule has 0 radical (unpaired) electrons. The highest BCUT2D eigenvalue weighted by Gasteiger charge is 2.06. The lowest BCUT2D eigenvalue weighted by Crippen LogP contribution is -2.15. The number of rotatable bonds is 3. The molecule has 3 N–H and O–H groups in total. The van der Waals surface area contributed by atoms with Gasteiger partial charge in [-0.15, -0.1) is 0 Å². The van der Waals surface area contributed by atoms with E-state index in [1.807, 2.05) is 0 Å². The van der Waals surface area contributed by atoms with E-state index in [4.69, 9.17) is 10.8 Å². The molecule has 5 nitrogen and oxygen atoms in total. The van der Waals surface area contributed by atoms with Crippen molar-refractivity contribution in [3.8, 4) is 0 Å². The molecular weight excluding hydrogens is 126 g/mol. The van der Waals surface area contributed by atoms with Crippen molar-refractivity contribution in [2.75, 3.05) is 6.73 Å². The Hall–Kier alpha value is -1.10. The molecule has 5 heteroatoms. The van der Waals surface area contributed by atoms with Crippen LogP contribution in [0.3, 0.4) is 0 Å². The smallest absolute Gasteiger partial charge is 0.318 e. The molecule has 0 bridgehead atoms. The van der Waals surface area contributed by atoms with Gasteiger partial charge in [-0.2, -0.15) is 0 Å². The van der Waals surface area contributed by atoms with Gasteiger partial charge < -0.3 is 9.84 Å². The number of carbonyl (C=O) groups is 2. The minimum atomic E-state index is -1.21. The average Bonchev–Trinajstić information content (AvgIpc) is 1.63. The number of hydrogen-bond acceptors (Lipinski definition) is 4. The van der Waals surface area contributed by atoms with E-state index in [0.717, 1.165) is 0 Å². The van der Waals surface area contributed by atoms with Gasteiger partial charge in [0.1, 0.15) is 13.2 Å². The number of carbonyl (C=O) groups excluding carboxylic acids is 1. The molecule has 0 aliphatic carbocycles. The number of ether oxygens (including phenoxy) is 1. The second kappa shape index (κ2) is 3.85. The van der Waals surface area contributed by atoms with Gasteiger partial charge in [-0.3, -0.25) is 15.3 Å². The van der Waals surface area contributed by atoms with Crippen LogP contribution in [0, 0.1) is 0 Å². The Morgan fingerprint density at radius 3 is 2.44 bits per heavy atom. The first kappa shape index (κ1) is 7.90. The zero-order chi connectivity index (χ0) is 7.28. The van der Waals surface area contributed by atoms with Crippen molar-refractivity contribution >= 4 is 11.9 Å². The Morgan fingerprint density at radius 2 is 2.11 bits per heavy atom. The standard InChI is InChI=1S/C4H7NO4/c5-2-9-4(8)1-3(6)7/h1-2,5H2,(H,6,7). The zero-order valence-corrected chi connectivity index (χ0v) is 4.66. The topological polar surface area (TPSA) is 89.6 Å². The summed E-state index contributed by atoms with van der Waals surface area (Å²) in [4.78, 5) is 19.9. The van der Waals surface area contributed by atoms with E-state index in [0.29, 0.717) is 0 Å². The Kier molecular flexibility index (Phi) is 3.38. The molecule has 0 heterocycles. The maximum absolute atomic E-state index is 10.2. The molecule has 0 fully saturated rings. The Balaban J connectivity index is 3.39. The predicted octanol–water partition coefficient (Wildman–Crippen LogP) is -1.08. The molecule has 0 rings (SSSR count). The quantitative estimate of drug-likeness (QED) is 0.290. The van der Waals surface area contributed by atoms with Crippen LogP contribution < -0.4 is 5.73 Å². The number of carboxylic acids is 1. The van der Waals surface area contributed by atoms with Gasteiger partial charge in [-0.25, -0.2) is 0 Å². The summed E-state index contributed by atoms with van der Waals surface area (Å²) in [5.74, 6) is -2.03. The fraction of sp³-hybridized carbons (Fsp3) is 0.500. The van der Waals surface area contributed by atoms with Crippen LogP contribution in [-0.2, 0) is 14.3 Å². The van der Waals surface area contributed by atoms with Crippen molar-refractivity contribution in [3.63, 3.8) is 0 Å². The fourth-order valence-corrected chi connectivity index (χ4v) is 0.267. The summed E-state index contributed by atoms with van der Waals surface area (Å²) in [5.41, 5.74) is 4.77. The summed E-state index contributed by atoms with van der Waals surface area (Å²) >= 11 is 0. The summed E-state index contributed by atoms with van der Waals surface area (Å²) in [6, 6.07) is 0. The predicted molar refractivity (Wildman–Crippen MR) is 27.4 cm³/mol. The third-order valence-corrected chi connectivity index (χ3v) is 0.540. The van der Waals surface area contributed by atoms with Crippen molar-refractivity contribution < 1.29 is 19.4 Å². The number of carboxylic acid groups (broad SMARTS) is 1. The first-order chi connectivity index (χ1) is 4.16. The fourth-order valence-electron chi connectivity index (χ4n) is 0.267. The van der Waals surface area contributed by atoms with Crippen LogP contribution in [0.15, 0.2) is 0 Å². The van der Waals surface area contributed by atoms with Crippen molar-refractivity contribution in [2.45, 2.75) is 6.42 Å². The van der Waals surface area contributed by atoms with Crippen molar-refractivity contribution in [2.24, 2.45) is 5.73 Å². The van der Waals surface area contributed by atoms with Crippen LogP contribution in [-0.4, -0.2) is 23.8 Å². The Morgan fingerprint density at radius 1 is 1.56 bits per heavy atom. The lowest BCUT2D eigenvalue weighted by molar-refractivity contribution is -0.151. The van der Waals surface area contributed by atoms with Crippen molar-refractivity contribution in [3.05, 3.63) is 0 Å². The lowest BCUT2D eigenvalue weighted by atomic mass is 10.4. The van der Waals surface area contributed by atoms with E-state index in [1.54, 1.807) is 0 Å².